The molecule has 3 N–H and O–H groups in total. The van der Waals surface area contributed by atoms with Crippen molar-refractivity contribution in [2.24, 2.45) is 0 Å². The Morgan fingerprint density at radius 1 is 0.679 bits per heavy atom. The van der Waals surface area contributed by atoms with Crippen LogP contribution in [0.1, 0.15) is 22.8 Å². The molecule has 2 aliphatic heterocycles. The van der Waals surface area contributed by atoms with Crippen molar-refractivity contribution in [3.05, 3.63) is 81.4 Å². The second-order valence-electron chi connectivity index (χ2n) is 6.14. The zero-order valence-electron chi connectivity index (χ0n) is 14.5. The molecule has 0 amide bonds. The molecular formula is C20H15N5O3. The van der Waals surface area contributed by atoms with Gasteiger partial charge in [0.2, 0.25) is 0 Å². The lowest BCUT2D eigenvalue weighted by molar-refractivity contribution is -0.742. The van der Waals surface area contributed by atoms with Gasteiger partial charge in [0.15, 0.2) is 0 Å². The van der Waals surface area contributed by atoms with Crippen LogP contribution in [-0.2, 0) is 0 Å². The molecular weight excluding hydrogens is 358 g/mol. The molecule has 0 saturated heterocycles. The van der Waals surface area contributed by atoms with Crippen LogP contribution in [0.25, 0.3) is 46.4 Å². The van der Waals surface area contributed by atoms with E-state index in [4.69, 9.17) is 15.3 Å². The van der Waals surface area contributed by atoms with Gasteiger partial charge in [0.1, 0.15) is 0 Å². The molecule has 28 heavy (non-hydrogen) atoms. The molecule has 2 aliphatic rings. The number of aromatic nitrogens is 4. The monoisotopic (exact) mass is 373 g/mol. The fourth-order valence-electron chi connectivity index (χ4n) is 2.94. The van der Waals surface area contributed by atoms with E-state index in [-0.39, 0.29) is 0 Å². The Morgan fingerprint density at radius 2 is 0.929 bits per heavy atom. The van der Waals surface area contributed by atoms with Gasteiger partial charge in [0, 0.05) is 22.1 Å². The van der Waals surface area contributed by atoms with Gasteiger partial charge in [-0.15, -0.1) is 10.1 Å². The molecule has 3 aromatic rings. The summed E-state index contributed by atoms with van der Waals surface area (Å²) in [4.78, 5) is 24.4. The van der Waals surface area contributed by atoms with Crippen LogP contribution in [0, 0.1) is 10.1 Å². The Labute approximate surface area is 158 Å². The number of hydrogen-bond donors (Lipinski definition) is 3. The summed E-state index contributed by atoms with van der Waals surface area (Å²) in [7, 11) is 0. The molecule has 0 aliphatic carbocycles. The van der Waals surface area contributed by atoms with Gasteiger partial charge >= 0.3 is 0 Å². The van der Waals surface area contributed by atoms with Gasteiger partial charge < -0.3 is 15.2 Å². The molecule has 8 heteroatoms. The highest BCUT2D eigenvalue weighted by Crippen LogP contribution is 2.16. The van der Waals surface area contributed by atoms with Crippen LogP contribution >= 0.6 is 0 Å². The fourth-order valence-corrected chi connectivity index (χ4v) is 2.94. The van der Waals surface area contributed by atoms with Crippen LogP contribution in [0.4, 0.5) is 0 Å². The first kappa shape index (κ1) is 17.2. The van der Waals surface area contributed by atoms with Crippen LogP contribution in [0.3, 0.4) is 0 Å². The molecule has 0 atom stereocenters. The van der Waals surface area contributed by atoms with E-state index in [1.807, 2.05) is 48.6 Å². The van der Waals surface area contributed by atoms with Crippen LogP contribution in [-0.4, -0.2) is 30.2 Å². The molecule has 0 fully saturated rings. The highest BCUT2D eigenvalue weighted by Gasteiger charge is 2.01. The van der Waals surface area contributed by atoms with E-state index >= 15 is 0 Å². The Morgan fingerprint density at radius 3 is 1.18 bits per heavy atom. The van der Waals surface area contributed by atoms with Gasteiger partial charge in [-0.05, 0) is 72.8 Å². The highest BCUT2D eigenvalue weighted by molar-refractivity contribution is 5.77. The minimum absolute atomic E-state index is 0.939. The molecule has 138 valence electrons. The maximum atomic E-state index is 8.36. The highest BCUT2D eigenvalue weighted by atomic mass is 16.9. The average molecular weight is 373 g/mol. The number of hydrogen-bond acceptors (Lipinski definition) is 4. The van der Waals surface area contributed by atoms with Crippen molar-refractivity contribution >= 4 is 46.4 Å². The molecule has 0 unspecified atom stereocenters. The van der Waals surface area contributed by atoms with E-state index in [0.717, 1.165) is 44.8 Å². The Kier molecular flexibility index (Phi) is 4.43. The van der Waals surface area contributed by atoms with Crippen molar-refractivity contribution in [3.8, 4) is 0 Å². The van der Waals surface area contributed by atoms with Gasteiger partial charge in [0.05, 0.1) is 22.8 Å². The van der Waals surface area contributed by atoms with Gasteiger partial charge in [-0.1, -0.05) is 0 Å². The van der Waals surface area contributed by atoms with E-state index in [9.17, 15) is 0 Å². The first-order valence-electron chi connectivity index (χ1n) is 8.41. The van der Waals surface area contributed by atoms with Crippen molar-refractivity contribution in [1.82, 2.24) is 19.9 Å². The molecule has 8 nitrogen and oxygen atoms in total. The Bertz CT molecular complexity index is 1090. The SMILES string of the molecule is C1=Cc2cc3ccc(cc4nc(cc5ccc(cc1n2)[nH]5)C=C4)[nH]3.O=[N+]([O-])O. The first-order valence-corrected chi connectivity index (χ1v) is 8.41. The summed E-state index contributed by atoms with van der Waals surface area (Å²) in [6, 6.07) is 16.4. The number of nitrogens with zero attached hydrogens (tertiary/aromatic N) is 3. The van der Waals surface area contributed by atoms with Crippen molar-refractivity contribution in [3.63, 3.8) is 0 Å². The van der Waals surface area contributed by atoms with Crippen molar-refractivity contribution in [2.45, 2.75) is 0 Å². The van der Waals surface area contributed by atoms with Crippen LogP contribution in [0.2, 0.25) is 0 Å². The van der Waals surface area contributed by atoms with E-state index in [0.29, 0.717) is 0 Å². The maximum absolute atomic E-state index is 8.36. The topological polar surface area (TPSA) is 121 Å². The lowest BCUT2D eigenvalue weighted by Crippen LogP contribution is -1.81. The van der Waals surface area contributed by atoms with Crippen LogP contribution < -0.4 is 0 Å². The predicted octanol–water partition coefficient (Wildman–Crippen LogP) is 4.31. The number of nitrogens with one attached hydrogen (secondary N) is 2. The molecule has 0 radical (unpaired) electrons. The van der Waals surface area contributed by atoms with Crippen LogP contribution in [0.5, 0.6) is 0 Å². The fraction of sp³-hybridized carbons (Fsp3) is 0. The molecule has 8 bridgehead atoms. The van der Waals surface area contributed by atoms with E-state index in [2.05, 4.69) is 44.2 Å². The summed E-state index contributed by atoms with van der Waals surface area (Å²) in [6.45, 7) is 0. The number of fused-ring (bicyclic) bond motifs is 8. The second-order valence-corrected chi connectivity index (χ2v) is 6.14. The maximum Gasteiger partial charge on any atom is 0.291 e. The molecule has 5 rings (SSSR count). The largest absolute Gasteiger partial charge is 0.355 e. The summed E-state index contributed by atoms with van der Waals surface area (Å²) in [6.07, 6.45) is 8.09. The molecule has 0 spiro atoms. The van der Waals surface area contributed by atoms with Crippen molar-refractivity contribution in [1.29, 1.82) is 0 Å². The zero-order chi connectivity index (χ0) is 19.5. The first-order chi connectivity index (χ1) is 13.5. The number of aromatic amines is 2. The standard InChI is InChI=1S/C20H14N4.HNO3/c1-2-14-10-16-5-6-18(23-16)12-20-8-7-19(24-20)11-17-4-3-15(22-17)9-13(1)21-14;2-1(3)4/h1-12,21,24H;(H,2,3,4). The minimum atomic E-state index is -1.50. The van der Waals surface area contributed by atoms with E-state index < -0.39 is 5.09 Å². The smallest absolute Gasteiger partial charge is 0.291 e. The van der Waals surface area contributed by atoms with Crippen LogP contribution in [0.15, 0.2) is 48.5 Å². The Balaban J connectivity index is 0.000000442. The quantitative estimate of drug-likeness (QED) is 0.276. The summed E-state index contributed by atoms with van der Waals surface area (Å²) in [5.41, 5.74) is 7.86. The lowest BCUT2D eigenvalue weighted by atomic mass is 10.3. The van der Waals surface area contributed by atoms with Gasteiger partial charge in [0.25, 0.3) is 5.09 Å². The van der Waals surface area contributed by atoms with Gasteiger partial charge in [-0.3, -0.25) is 0 Å². The summed E-state index contributed by atoms with van der Waals surface area (Å²) in [5, 5.41) is 13.6. The second kappa shape index (κ2) is 7.20. The van der Waals surface area contributed by atoms with Crippen molar-refractivity contribution < 1.29 is 10.3 Å². The van der Waals surface area contributed by atoms with Gasteiger partial charge in [-0.2, -0.15) is 0 Å². The summed E-state index contributed by atoms with van der Waals surface area (Å²) in [5.74, 6) is 0. The zero-order valence-corrected chi connectivity index (χ0v) is 14.5. The molecule has 5 heterocycles. The predicted molar refractivity (Wildman–Crippen MR) is 108 cm³/mol. The number of H-pyrrole nitrogens is 2. The summed E-state index contributed by atoms with van der Waals surface area (Å²) < 4.78 is 0. The minimum Gasteiger partial charge on any atom is -0.355 e. The summed E-state index contributed by atoms with van der Waals surface area (Å²) >= 11 is 0. The van der Waals surface area contributed by atoms with Crippen molar-refractivity contribution in [2.75, 3.05) is 0 Å². The average Bonchev–Trinajstić information content (AvgIpc) is 3.39. The third-order valence-corrected chi connectivity index (χ3v) is 4.04. The Hall–Kier alpha value is -4.20. The third-order valence-electron chi connectivity index (χ3n) is 4.04. The van der Waals surface area contributed by atoms with E-state index in [1.165, 1.54) is 0 Å². The molecule has 3 aromatic heterocycles. The van der Waals surface area contributed by atoms with E-state index in [1.54, 1.807) is 0 Å². The molecule has 0 aromatic carbocycles. The molecule has 0 saturated carbocycles. The number of rotatable bonds is 0. The normalized spacial score (nSPS) is 11.7. The van der Waals surface area contributed by atoms with Gasteiger partial charge in [-0.25, -0.2) is 9.97 Å². The lowest BCUT2D eigenvalue weighted by Gasteiger charge is -1.85. The third kappa shape index (κ3) is 4.13.